The third kappa shape index (κ3) is 3.59. The molecule has 31 heavy (non-hydrogen) atoms. The number of nitrogens with one attached hydrogen (secondary N) is 1. The van der Waals surface area contributed by atoms with E-state index in [4.69, 9.17) is 17.0 Å². The van der Waals surface area contributed by atoms with E-state index in [1.165, 1.54) is 24.3 Å². The Balaban J connectivity index is 1.96. The number of fused-ring (bicyclic) bond motifs is 1. The van der Waals surface area contributed by atoms with Crippen molar-refractivity contribution in [3.05, 3.63) is 80.6 Å². The van der Waals surface area contributed by atoms with Crippen LogP contribution in [0.15, 0.2) is 58.3 Å². The standard InChI is InChI=1S/C22H16FN3O4S/c1-2-30-21(29)18-13(12-7-3-5-9-16(12)24-18)11-14-19(27)25-22(31)26(20(14)28)17-10-6-4-8-15(17)23/h3-11,28H,2H2,1H3,(H,25,27,31)/b13-11+. The van der Waals surface area contributed by atoms with Crippen LogP contribution in [0.5, 0.6) is 5.88 Å². The summed E-state index contributed by atoms with van der Waals surface area (Å²) >= 11 is 5.14. The molecular weight excluding hydrogens is 421 g/mol. The molecule has 2 aromatic carbocycles. The van der Waals surface area contributed by atoms with Gasteiger partial charge in [-0.05, 0) is 43.4 Å². The SMILES string of the molecule is CCOC(=O)C1=Nc2ccccc2/C1=C\c1c(O)n(-c2ccccc2F)c(=S)[nH]c1=O. The van der Waals surface area contributed by atoms with Gasteiger partial charge in [0, 0.05) is 11.1 Å². The summed E-state index contributed by atoms with van der Waals surface area (Å²) in [6.45, 7) is 1.81. The Labute approximate surface area is 180 Å². The van der Waals surface area contributed by atoms with E-state index in [0.717, 1.165) is 4.57 Å². The maximum Gasteiger partial charge on any atom is 0.357 e. The number of esters is 1. The molecule has 156 valence electrons. The van der Waals surface area contributed by atoms with Gasteiger partial charge in [-0.25, -0.2) is 14.2 Å². The average molecular weight is 437 g/mol. The molecule has 0 unspecified atom stereocenters. The van der Waals surface area contributed by atoms with E-state index in [1.807, 2.05) is 0 Å². The Morgan fingerprint density at radius 2 is 1.97 bits per heavy atom. The fourth-order valence-electron chi connectivity index (χ4n) is 3.28. The zero-order valence-corrected chi connectivity index (χ0v) is 17.1. The lowest BCUT2D eigenvalue weighted by atomic mass is 10.0. The van der Waals surface area contributed by atoms with Crippen molar-refractivity contribution >= 4 is 41.2 Å². The monoisotopic (exact) mass is 437 g/mol. The zero-order chi connectivity index (χ0) is 22.1. The van der Waals surface area contributed by atoms with Crippen molar-refractivity contribution in [2.45, 2.75) is 6.92 Å². The van der Waals surface area contributed by atoms with E-state index in [9.17, 15) is 19.1 Å². The number of benzene rings is 2. The summed E-state index contributed by atoms with van der Waals surface area (Å²) in [7, 11) is 0. The van der Waals surface area contributed by atoms with Gasteiger partial charge < -0.3 is 9.84 Å². The molecule has 0 saturated heterocycles. The predicted molar refractivity (Wildman–Crippen MR) is 117 cm³/mol. The number of hydrogen-bond acceptors (Lipinski definition) is 6. The van der Waals surface area contributed by atoms with Crippen molar-refractivity contribution in [2.75, 3.05) is 6.61 Å². The quantitative estimate of drug-likeness (QED) is 0.476. The molecule has 0 radical (unpaired) electrons. The fourth-order valence-corrected chi connectivity index (χ4v) is 3.56. The van der Waals surface area contributed by atoms with Crippen LogP contribution in [0.1, 0.15) is 18.1 Å². The summed E-state index contributed by atoms with van der Waals surface area (Å²) in [5.41, 5.74) is 0.468. The number of nitrogens with zero attached hydrogens (tertiary/aromatic N) is 2. The van der Waals surface area contributed by atoms with Crippen molar-refractivity contribution in [1.29, 1.82) is 0 Å². The molecule has 1 aliphatic heterocycles. The highest BCUT2D eigenvalue weighted by atomic mass is 32.1. The average Bonchev–Trinajstić information content (AvgIpc) is 3.11. The van der Waals surface area contributed by atoms with Gasteiger partial charge in [0.2, 0.25) is 5.88 Å². The van der Waals surface area contributed by atoms with Crippen LogP contribution < -0.4 is 5.56 Å². The molecule has 9 heteroatoms. The number of aromatic nitrogens is 2. The molecule has 3 aromatic rings. The second-order valence-corrected chi connectivity index (χ2v) is 6.93. The second kappa shape index (κ2) is 8.11. The highest BCUT2D eigenvalue weighted by molar-refractivity contribution is 7.71. The van der Waals surface area contributed by atoms with Gasteiger partial charge in [0.25, 0.3) is 5.56 Å². The van der Waals surface area contributed by atoms with Crippen LogP contribution in [0.4, 0.5) is 10.1 Å². The first kappa shape index (κ1) is 20.4. The molecule has 2 N–H and O–H groups in total. The molecule has 0 fully saturated rings. The zero-order valence-electron chi connectivity index (χ0n) is 16.3. The maximum absolute atomic E-state index is 14.4. The highest BCUT2D eigenvalue weighted by Gasteiger charge is 2.28. The van der Waals surface area contributed by atoms with Gasteiger partial charge in [0.05, 0.1) is 18.0 Å². The Kier molecular flexibility index (Phi) is 5.35. The molecule has 4 rings (SSSR count). The van der Waals surface area contributed by atoms with E-state index >= 15 is 0 Å². The summed E-state index contributed by atoms with van der Waals surface area (Å²) in [5.74, 6) is -1.87. The number of halogens is 1. The fraction of sp³-hybridized carbons (Fsp3) is 0.0909. The van der Waals surface area contributed by atoms with Crippen LogP contribution >= 0.6 is 12.2 Å². The summed E-state index contributed by atoms with van der Waals surface area (Å²) in [4.78, 5) is 31.8. The predicted octanol–water partition coefficient (Wildman–Crippen LogP) is 3.93. The van der Waals surface area contributed by atoms with Crippen LogP contribution in [0.25, 0.3) is 17.3 Å². The number of aliphatic imine (C=N–C) groups is 1. The van der Waals surface area contributed by atoms with Crippen molar-refractivity contribution in [3.63, 3.8) is 0 Å². The number of carbonyl (C=O) groups excluding carboxylic acids is 1. The topological polar surface area (TPSA) is 96.7 Å². The van der Waals surface area contributed by atoms with E-state index in [-0.39, 0.29) is 28.3 Å². The van der Waals surface area contributed by atoms with Crippen LogP contribution in [0, 0.1) is 10.6 Å². The first-order valence-electron chi connectivity index (χ1n) is 9.32. The smallest absolute Gasteiger partial charge is 0.357 e. The van der Waals surface area contributed by atoms with Crippen LogP contribution in [0.3, 0.4) is 0 Å². The first-order chi connectivity index (χ1) is 14.9. The second-order valence-electron chi connectivity index (χ2n) is 6.54. The number of aromatic hydroxyl groups is 1. The summed E-state index contributed by atoms with van der Waals surface area (Å²) < 4.78 is 20.3. The number of H-pyrrole nitrogens is 1. The van der Waals surface area contributed by atoms with Crippen molar-refractivity contribution in [2.24, 2.45) is 4.99 Å². The molecule has 2 heterocycles. The lowest BCUT2D eigenvalue weighted by Crippen LogP contribution is -2.19. The number of aromatic amines is 1. The largest absolute Gasteiger partial charge is 0.494 e. The Bertz CT molecular complexity index is 1390. The van der Waals surface area contributed by atoms with Gasteiger partial charge in [-0.1, -0.05) is 30.3 Å². The minimum Gasteiger partial charge on any atom is -0.494 e. The number of ether oxygens (including phenoxy) is 1. The molecule has 0 aliphatic carbocycles. The minimum atomic E-state index is -0.699. The molecule has 0 saturated carbocycles. The van der Waals surface area contributed by atoms with Gasteiger partial charge in [0.1, 0.15) is 11.4 Å². The van der Waals surface area contributed by atoms with Crippen LogP contribution in [-0.4, -0.2) is 32.9 Å². The molecular formula is C22H16FN3O4S. The van der Waals surface area contributed by atoms with Crippen molar-refractivity contribution in [3.8, 4) is 11.6 Å². The molecule has 1 aromatic heterocycles. The number of hydrogen-bond donors (Lipinski definition) is 2. The molecule has 0 atom stereocenters. The minimum absolute atomic E-state index is 0.00161. The van der Waals surface area contributed by atoms with E-state index in [1.54, 1.807) is 37.3 Å². The Morgan fingerprint density at radius 3 is 2.71 bits per heavy atom. The number of para-hydroxylation sites is 2. The van der Waals surface area contributed by atoms with Gasteiger partial charge in [-0.15, -0.1) is 0 Å². The maximum atomic E-state index is 14.4. The third-order valence-electron chi connectivity index (χ3n) is 4.65. The summed E-state index contributed by atoms with van der Waals surface area (Å²) in [6, 6.07) is 12.6. The van der Waals surface area contributed by atoms with Gasteiger partial charge in [0.15, 0.2) is 10.5 Å². The van der Waals surface area contributed by atoms with E-state index < -0.39 is 23.2 Å². The summed E-state index contributed by atoms with van der Waals surface area (Å²) in [6.07, 6.45) is 1.32. The summed E-state index contributed by atoms with van der Waals surface area (Å²) in [5, 5.41) is 10.9. The van der Waals surface area contributed by atoms with Crippen LogP contribution in [-0.2, 0) is 9.53 Å². The highest BCUT2D eigenvalue weighted by Crippen LogP contribution is 2.37. The molecule has 7 nitrogen and oxygen atoms in total. The Hall–Kier alpha value is -3.85. The normalized spacial score (nSPS) is 13.7. The lowest BCUT2D eigenvalue weighted by molar-refractivity contribution is -0.134. The molecule has 0 bridgehead atoms. The third-order valence-corrected chi connectivity index (χ3v) is 4.94. The molecule has 1 aliphatic rings. The first-order valence-corrected chi connectivity index (χ1v) is 9.73. The number of carbonyl (C=O) groups is 1. The molecule has 0 spiro atoms. The molecule has 0 amide bonds. The van der Waals surface area contributed by atoms with Crippen molar-refractivity contribution in [1.82, 2.24) is 9.55 Å². The number of rotatable bonds is 4. The van der Waals surface area contributed by atoms with Gasteiger partial charge in [-0.3, -0.25) is 14.3 Å². The van der Waals surface area contributed by atoms with E-state index in [0.29, 0.717) is 16.8 Å². The van der Waals surface area contributed by atoms with Gasteiger partial charge in [-0.2, -0.15) is 0 Å². The Morgan fingerprint density at radius 1 is 1.26 bits per heavy atom. The van der Waals surface area contributed by atoms with Crippen molar-refractivity contribution < 1.29 is 19.0 Å². The van der Waals surface area contributed by atoms with Crippen LogP contribution in [0.2, 0.25) is 0 Å². The van der Waals surface area contributed by atoms with Gasteiger partial charge >= 0.3 is 5.97 Å². The lowest BCUT2D eigenvalue weighted by Gasteiger charge is -2.13. The van der Waals surface area contributed by atoms with E-state index in [2.05, 4.69) is 9.98 Å².